The lowest BCUT2D eigenvalue weighted by molar-refractivity contribution is -0.139. The van der Waals surface area contributed by atoms with Crippen molar-refractivity contribution in [3.05, 3.63) is 0 Å². The van der Waals surface area contributed by atoms with Crippen molar-refractivity contribution in [1.82, 2.24) is 10.6 Å². The van der Waals surface area contributed by atoms with Gasteiger partial charge in [0.05, 0.1) is 0 Å². The highest BCUT2D eigenvalue weighted by Crippen LogP contribution is 1.91. The van der Waals surface area contributed by atoms with E-state index in [0.29, 0.717) is 13.1 Å². The van der Waals surface area contributed by atoms with Crippen molar-refractivity contribution in [2.24, 2.45) is 0 Å². The highest BCUT2D eigenvalue weighted by Gasteiger charge is 2.10. The lowest BCUT2D eigenvalue weighted by atomic mass is 10.3. The second-order valence-electron chi connectivity index (χ2n) is 2.95. The molecule has 0 atom stereocenters. The summed E-state index contributed by atoms with van der Waals surface area (Å²) in [6, 6.07) is 0. The summed E-state index contributed by atoms with van der Waals surface area (Å²) in [5.41, 5.74) is 0. The Bertz CT molecular complexity index is 201. The monoisotopic (exact) mass is 342 g/mol. The maximum atomic E-state index is 11.2. The molecule has 0 aliphatic rings. The fourth-order valence-electron chi connectivity index (χ4n) is 0.851. The van der Waals surface area contributed by atoms with Gasteiger partial charge in [0, 0.05) is 23.7 Å². The van der Waals surface area contributed by atoms with E-state index in [1.165, 1.54) is 0 Å². The Morgan fingerprint density at radius 3 is 1.73 bits per heavy atom. The molecule has 0 fully saturated rings. The van der Waals surface area contributed by atoms with Gasteiger partial charge in [-0.05, 0) is 19.3 Å². The van der Waals surface area contributed by atoms with Crippen LogP contribution in [0.25, 0.3) is 0 Å². The molecule has 0 aromatic carbocycles. The molecular weight excluding hydrogens is 328 g/mol. The van der Waals surface area contributed by atoms with Gasteiger partial charge in [0.25, 0.3) is 0 Å². The Labute approximate surface area is 107 Å². The van der Waals surface area contributed by atoms with Crippen LogP contribution in [0.4, 0.5) is 0 Å². The van der Waals surface area contributed by atoms with E-state index in [4.69, 9.17) is 0 Å². The van der Waals surface area contributed by atoms with Crippen molar-refractivity contribution in [3.63, 3.8) is 0 Å². The first-order valence-electron chi connectivity index (χ1n) is 4.90. The van der Waals surface area contributed by atoms with Crippen LogP contribution in [-0.2, 0) is 9.59 Å². The van der Waals surface area contributed by atoms with Crippen molar-refractivity contribution in [2.75, 3.05) is 23.7 Å². The van der Waals surface area contributed by atoms with Gasteiger partial charge in [-0.1, -0.05) is 31.9 Å². The number of hydrogen-bond acceptors (Lipinski definition) is 2. The fraction of sp³-hybridized carbons (Fsp3) is 0.778. The first-order valence-corrected chi connectivity index (χ1v) is 7.14. The molecule has 0 bridgehead atoms. The van der Waals surface area contributed by atoms with Gasteiger partial charge < -0.3 is 10.6 Å². The summed E-state index contributed by atoms with van der Waals surface area (Å²) in [6.45, 7) is 1.08. The molecule has 2 amide bonds. The number of hydrogen-bond donors (Lipinski definition) is 2. The molecule has 0 aromatic heterocycles. The highest BCUT2D eigenvalue weighted by atomic mass is 79.9. The molecule has 2 N–H and O–H groups in total. The summed E-state index contributed by atoms with van der Waals surface area (Å²) >= 11 is 6.53. The number of halogens is 2. The number of carbonyl (C=O) groups is 2. The van der Waals surface area contributed by atoms with Crippen LogP contribution in [0.15, 0.2) is 0 Å². The number of rotatable bonds is 7. The van der Waals surface area contributed by atoms with Crippen LogP contribution in [-0.4, -0.2) is 35.6 Å². The molecule has 0 spiro atoms. The highest BCUT2D eigenvalue weighted by molar-refractivity contribution is 9.09. The van der Waals surface area contributed by atoms with Crippen LogP contribution < -0.4 is 10.6 Å². The van der Waals surface area contributed by atoms with Crippen LogP contribution in [0, 0.1) is 0 Å². The SMILES string of the molecule is O=C(NCCCBr)C(=O)NCCCCBr. The van der Waals surface area contributed by atoms with E-state index < -0.39 is 11.8 Å². The van der Waals surface area contributed by atoms with Crippen LogP contribution >= 0.6 is 31.9 Å². The molecule has 0 unspecified atom stereocenters. The normalized spacial score (nSPS) is 9.73. The third-order valence-corrected chi connectivity index (χ3v) is 2.77. The predicted octanol–water partition coefficient (Wildman–Crippen LogP) is 1.18. The van der Waals surface area contributed by atoms with Crippen LogP contribution in [0.5, 0.6) is 0 Å². The summed E-state index contributed by atoms with van der Waals surface area (Å²) in [5, 5.41) is 6.83. The van der Waals surface area contributed by atoms with Gasteiger partial charge in [-0.25, -0.2) is 0 Å². The second-order valence-corrected chi connectivity index (χ2v) is 4.54. The van der Waals surface area contributed by atoms with Crippen molar-refractivity contribution >= 4 is 43.7 Å². The zero-order valence-corrected chi connectivity index (χ0v) is 11.7. The molecule has 0 radical (unpaired) electrons. The largest absolute Gasteiger partial charge is 0.348 e. The van der Waals surface area contributed by atoms with E-state index in [-0.39, 0.29) is 0 Å². The van der Waals surface area contributed by atoms with E-state index >= 15 is 0 Å². The molecule has 0 rings (SSSR count). The topological polar surface area (TPSA) is 58.2 Å². The summed E-state index contributed by atoms with van der Waals surface area (Å²) in [7, 11) is 0. The smallest absolute Gasteiger partial charge is 0.309 e. The van der Waals surface area contributed by atoms with Gasteiger partial charge in [0.1, 0.15) is 0 Å². The molecular formula is C9H16Br2N2O2. The number of unbranched alkanes of at least 4 members (excludes halogenated alkanes) is 1. The molecule has 0 saturated carbocycles. The third kappa shape index (κ3) is 8.87. The minimum absolute atomic E-state index is 0.527. The van der Waals surface area contributed by atoms with E-state index in [1.807, 2.05) is 0 Å². The minimum Gasteiger partial charge on any atom is -0.348 e. The summed E-state index contributed by atoms with van der Waals surface area (Å²) in [5.74, 6) is -1.09. The van der Waals surface area contributed by atoms with Gasteiger partial charge in [0.2, 0.25) is 0 Å². The van der Waals surface area contributed by atoms with E-state index in [2.05, 4.69) is 42.5 Å². The van der Waals surface area contributed by atoms with Crippen LogP contribution in [0.2, 0.25) is 0 Å². The van der Waals surface area contributed by atoms with Gasteiger partial charge >= 0.3 is 11.8 Å². The molecule has 0 aromatic rings. The number of alkyl halides is 2. The molecule has 0 aliphatic carbocycles. The van der Waals surface area contributed by atoms with E-state index in [9.17, 15) is 9.59 Å². The van der Waals surface area contributed by atoms with Crippen molar-refractivity contribution in [1.29, 1.82) is 0 Å². The molecule has 6 heteroatoms. The maximum Gasteiger partial charge on any atom is 0.309 e. The summed E-state index contributed by atoms with van der Waals surface area (Å²) in [6.07, 6.45) is 2.69. The van der Waals surface area contributed by atoms with Crippen molar-refractivity contribution in [2.45, 2.75) is 19.3 Å². The standard InChI is InChI=1S/C9H16Br2N2O2/c10-4-1-2-6-12-8(14)9(15)13-7-3-5-11/h1-7H2,(H,12,14)(H,13,15). The Balaban J connectivity index is 3.47. The van der Waals surface area contributed by atoms with Gasteiger partial charge in [-0.3, -0.25) is 9.59 Å². The van der Waals surface area contributed by atoms with Gasteiger partial charge in [-0.15, -0.1) is 0 Å². The number of nitrogens with one attached hydrogen (secondary N) is 2. The quantitative estimate of drug-likeness (QED) is 0.414. The number of carbonyl (C=O) groups excluding carboxylic acids is 2. The molecule has 0 heterocycles. The lowest BCUT2D eigenvalue weighted by Gasteiger charge is -2.04. The molecule has 4 nitrogen and oxygen atoms in total. The van der Waals surface area contributed by atoms with E-state index in [0.717, 1.165) is 29.9 Å². The zero-order chi connectivity index (χ0) is 11.5. The Morgan fingerprint density at radius 2 is 1.27 bits per heavy atom. The zero-order valence-electron chi connectivity index (χ0n) is 8.52. The average Bonchev–Trinajstić information content (AvgIpc) is 2.24. The molecule has 88 valence electrons. The van der Waals surface area contributed by atoms with Crippen molar-refractivity contribution in [3.8, 4) is 0 Å². The molecule has 15 heavy (non-hydrogen) atoms. The van der Waals surface area contributed by atoms with Gasteiger partial charge in [-0.2, -0.15) is 0 Å². The second kappa shape index (κ2) is 10.4. The van der Waals surface area contributed by atoms with Gasteiger partial charge in [0.15, 0.2) is 0 Å². The van der Waals surface area contributed by atoms with E-state index in [1.54, 1.807) is 0 Å². The minimum atomic E-state index is -0.546. The molecule has 0 aliphatic heterocycles. The Kier molecular flexibility index (Phi) is 10.3. The van der Waals surface area contributed by atoms with Crippen LogP contribution in [0.1, 0.15) is 19.3 Å². The first-order chi connectivity index (χ1) is 7.22. The Hall–Kier alpha value is -0.100. The lowest BCUT2D eigenvalue weighted by Crippen LogP contribution is -2.40. The number of amides is 2. The maximum absolute atomic E-state index is 11.2. The Morgan fingerprint density at radius 1 is 0.800 bits per heavy atom. The fourth-order valence-corrected chi connectivity index (χ4v) is 1.53. The first kappa shape index (κ1) is 14.9. The van der Waals surface area contributed by atoms with Crippen LogP contribution in [0.3, 0.4) is 0 Å². The third-order valence-electron chi connectivity index (χ3n) is 1.65. The predicted molar refractivity (Wildman–Crippen MR) is 67.5 cm³/mol. The average molecular weight is 344 g/mol. The van der Waals surface area contributed by atoms with Crippen molar-refractivity contribution < 1.29 is 9.59 Å². The summed E-state index contributed by atoms with van der Waals surface area (Å²) < 4.78 is 0. The molecule has 0 saturated heterocycles. The summed E-state index contributed by atoms with van der Waals surface area (Å²) in [4.78, 5) is 22.3.